The minimum absolute atomic E-state index is 0.0879. The van der Waals surface area contributed by atoms with Gasteiger partial charge in [-0.3, -0.25) is 28.5 Å². The fraction of sp³-hybridized carbons (Fsp3) is 0.536. The smallest absolute Gasteiger partial charge is 0.459 e. The van der Waals surface area contributed by atoms with Gasteiger partial charge in [0.2, 0.25) is 5.91 Å². The molecular weight excluding hydrogens is 650 g/mol. The number of nitrogens with zero attached hydrogens (tertiary/aromatic N) is 1. The van der Waals surface area contributed by atoms with Crippen molar-refractivity contribution in [1.82, 2.24) is 20.0 Å². The summed E-state index contributed by atoms with van der Waals surface area (Å²) in [6.07, 6.45) is -4.16. The number of carbonyl (C=O) groups is 3. The second-order valence-corrected chi connectivity index (χ2v) is 13.6. The molecule has 18 heteroatoms. The van der Waals surface area contributed by atoms with E-state index in [1.165, 1.54) is 19.1 Å². The van der Waals surface area contributed by atoms with E-state index in [0.717, 1.165) is 30.7 Å². The summed E-state index contributed by atoms with van der Waals surface area (Å²) in [4.78, 5) is 63.5. The molecule has 0 unspecified atom stereocenters. The number of benzene rings is 1. The zero-order chi connectivity index (χ0) is 34.4. The van der Waals surface area contributed by atoms with Crippen molar-refractivity contribution in [3.8, 4) is 5.75 Å². The van der Waals surface area contributed by atoms with Gasteiger partial charge in [0.15, 0.2) is 18.0 Å². The van der Waals surface area contributed by atoms with Crippen LogP contribution in [-0.4, -0.2) is 75.3 Å². The Labute approximate surface area is 269 Å². The van der Waals surface area contributed by atoms with Crippen LogP contribution in [0.3, 0.4) is 0 Å². The molecule has 46 heavy (non-hydrogen) atoms. The molecule has 0 bridgehead atoms. The molecule has 2 heterocycles. The summed E-state index contributed by atoms with van der Waals surface area (Å²) in [6.45, 7) is 7.69. The Morgan fingerprint density at radius 1 is 1.17 bits per heavy atom. The van der Waals surface area contributed by atoms with E-state index < -0.39 is 85.2 Å². The summed E-state index contributed by atoms with van der Waals surface area (Å²) in [6, 6.07) is 6.29. The van der Waals surface area contributed by atoms with Gasteiger partial charge < -0.3 is 24.1 Å². The molecule has 1 aliphatic rings. The van der Waals surface area contributed by atoms with Gasteiger partial charge in [0.25, 0.3) is 5.56 Å². The Morgan fingerprint density at radius 2 is 1.83 bits per heavy atom. The lowest BCUT2D eigenvalue weighted by atomic mass is 9.98. The molecule has 2 aromatic rings. The van der Waals surface area contributed by atoms with Crippen LogP contribution in [-0.2, 0) is 37.7 Å². The SMILES string of the molecule is CC(=O)N[C@H](CS)C(=O)O[C@@H]1[C@@H](CO[P@@](=O)(N[C@@H](C)C(=O)OC(C)(C)C)Oc2ccccc2)O[C@@H](n2ccc(=O)[nH]c2=O)[C@]1(C)F. The summed E-state index contributed by atoms with van der Waals surface area (Å²) < 4.78 is 59.3. The Kier molecular flexibility index (Phi) is 12.0. The highest BCUT2D eigenvalue weighted by molar-refractivity contribution is 7.80. The molecular formula is C28H38FN4O11PS. The molecule has 0 radical (unpaired) electrons. The van der Waals surface area contributed by atoms with E-state index in [4.69, 9.17) is 23.3 Å². The molecule has 1 aliphatic heterocycles. The van der Waals surface area contributed by atoms with Crippen LogP contribution >= 0.6 is 20.4 Å². The number of para-hydroxylation sites is 1. The normalized spacial score (nSPS) is 23.9. The molecule has 15 nitrogen and oxygen atoms in total. The van der Waals surface area contributed by atoms with Crippen molar-refractivity contribution in [3.05, 3.63) is 63.4 Å². The molecule has 254 valence electrons. The standard InChI is InChI=1S/C28H38FN4O11PS/c1-16(23(36)43-27(3,4)5)32-45(39,44-18-10-8-7-9-11-18)40-14-20-22(42-24(37)19(15-46)30-17(2)34)28(6,29)25(41-20)33-13-12-21(35)31-26(33)38/h7-13,16,19-20,22,25,46H,14-15H2,1-6H3,(H,30,34)(H,32,39)(H,31,35,38)/t16-,19+,20+,22+,25+,28+,45-/m0/s1. The van der Waals surface area contributed by atoms with Crippen molar-refractivity contribution >= 4 is 38.2 Å². The van der Waals surface area contributed by atoms with E-state index in [1.807, 2.05) is 4.98 Å². The van der Waals surface area contributed by atoms with Gasteiger partial charge >= 0.3 is 25.4 Å². The first kappa shape index (κ1) is 37.0. The van der Waals surface area contributed by atoms with Crippen LogP contribution in [0.15, 0.2) is 52.2 Å². The van der Waals surface area contributed by atoms with Gasteiger partial charge in [-0.05, 0) is 46.8 Å². The maximum Gasteiger partial charge on any atom is 0.459 e. The molecule has 0 saturated carbocycles. The highest BCUT2D eigenvalue weighted by atomic mass is 32.1. The lowest BCUT2D eigenvalue weighted by Crippen LogP contribution is -2.50. The predicted octanol–water partition coefficient (Wildman–Crippen LogP) is 2.03. The lowest BCUT2D eigenvalue weighted by molar-refractivity contribution is -0.161. The quantitative estimate of drug-likeness (QED) is 0.136. The minimum Gasteiger partial charge on any atom is -0.459 e. The summed E-state index contributed by atoms with van der Waals surface area (Å²) >= 11 is 4.05. The number of esters is 2. The van der Waals surface area contributed by atoms with Crippen LogP contribution in [0.2, 0.25) is 0 Å². The van der Waals surface area contributed by atoms with Crippen molar-refractivity contribution in [2.75, 3.05) is 12.4 Å². The van der Waals surface area contributed by atoms with Crippen molar-refractivity contribution < 1.29 is 46.6 Å². The zero-order valence-electron chi connectivity index (χ0n) is 26.1. The summed E-state index contributed by atoms with van der Waals surface area (Å²) in [5.74, 6) is -2.55. The third-order valence-electron chi connectivity index (χ3n) is 6.36. The number of hydrogen-bond donors (Lipinski definition) is 4. The first-order valence-corrected chi connectivity index (χ1v) is 16.3. The zero-order valence-corrected chi connectivity index (χ0v) is 27.8. The highest BCUT2D eigenvalue weighted by Crippen LogP contribution is 2.48. The third-order valence-corrected chi connectivity index (χ3v) is 8.37. The molecule has 1 amide bonds. The van der Waals surface area contributed by atoms with Gasteiger partial charge in [-0.1, -0.05) is 18.2 Å². The second-order valence-electron chi connectivity index (χ2n) is 11.6. The molecule has 0 aliphatic carbocycles. The number of carbonyl (C=O) groups excluding carboxylic acids is 3. The van der Waals surface area contributed by atoms with E-state index in [1.54, 1.807) is 39.0 Å². The topological polar surface area (TPSA) is 193 Å². The molecule has 0 spiro atoms. The average molecular weight is 689 g/mol. The Bertz CT molecular complexity index is 1560. The van der Waals surface area contributed by atoms with E-state index in [0.29, 0.717) is 0 Å². The number of aromatic nitrogens is 2. The van der Waals surface area contributed by atoms with Crippen LogP contribution in [0.1, 0.15) is 47.8 Å². The van der Waals surface area contributed by atoms with Gasteiger partial charge in [-0.2, -0.15) is 17.7 Å². The largest absolute Gasteiger partial charge is 0.459 e. The fourth-order valence-electron chi connectivity index (χ4n) is 4.33. The Morgan fingerprint density at radius 3 is 2.39 bits per heavy atom. The van der Waals surface area contributed by atoms with Crippen LogP contribution in [0.5, 0.6) is 5.75 Å². The lowest BCUT2D eigenvalue weighted by Gasteiger charge is -2.29. The molecule has 3 rings (SSSR count). The predicted molar refractivity (Wildman–Crippen MR) is 165 cm³/mol. The molecule has 1 fully saturated rings. The van der Waals surface area contributed by atoms with Crippen LogP contribution < -0.4 is 26.2 Å². The number of hydrogen-bond acceptors (Lipinski definition) is 12. The average Bonchev–Trinajstić information content (AvgIpc) is 3.19. The van der Waals surface area contributed by atoms with Gasteiger partial charge in [0, 0.05) is 24.9 Å². The first-order chi connectivity index (χ1) is 21.3. The van der Waals surface area contributed by atoms with Crippen molar-refractivity contribution in [2.45, 2.75) is 83.3 Å². The number of rotatable bonds is 13. The Balaban J connectivity index is 1.96. The van der Waals surface area contributed by atoms with Crippen LogP contribution in [0, 0.1) is 0 Å². The van der Waals surface area contributed by atoms with E-state index in [2.05, 4.69) is 23.0 Å². The van der Waals surface area contributed by atoms with Crippen LogP contribution in [0.25, 0.3) is 0 Å². The summed E-state index contributed by atoms with van der Waals surface area (Å²) in [7, 11) is -4.50. The fourth-order valence-corrected chi connectivity index (χ4v) is 6.08. The second kappa shape index (κ2) is 14.9. The minimum atomic E-state index is -4.50. The highest BCUT2D eigenvalue weighted by Gasteiger charge is 2.59. The molecule has 1 aromatic heterocycles. The number of H-pyrrole nitrogens is 1. The van der Waals surface area contributed by atoms with E-state index in [-0.39, 0.29) is 11.5 Å². The van der Waals surface area contributed by atoms with Crippen molar-refractivity contribution in [2.24, 2.45) is 0 Å². The van der Waals surface area contributed by atoms with E-state index in [9.17, 15) is 28.5 Å². The first-order valence-electron chi connectivity index (χ1n) is 14.1. The summed E-state index contributed by atoms with van der Waals surface area (Å²) in [5, 5.41) is 4.84. The number of amides is 1. The maximum absolute atomic E-state index is 16.6. The van der Waals surface area contributed by atoms with Crippen molar-refractivity contribution in [1.29, 1.82) is 0 Å². The maximum atomic E-state index is 16.6. The monoisotopic (exact) mass is 688 g/mol. The number of halogens is 1. The number of aromatic amines is 1. The number of nitrogens with one attached hydrogen (secondary N) is 3. The number of ether oxygens (including phenoxy) is 3. The molecule has 3 N–H and O–H groups in total. The number of alkyl halides is 1. The number of thiol groups is 1. The molecule has 7 atom stereocenters. The Hall–Kier alpha value is -3.50. The molecule has 1 saturated heterocycles. The van der Waals surface area contributed by atoms with E-state index >= 15 is 4.39 Å². The van der Waals surface area contributed by atoms with Gasteiger partial charge in [-0.15, -0.1) is 0 Å². The van der Waals surface area contributed by atoms with Crippen molar-refractivity contribution in [3.63, 3.8) is 0 Å². The molecule has 1 aromatic carbocycles. The third kappa shape index (κ3) is 9.75. The van der Waals surface area contributed by atoms with Gasteiger partial charge in [0.1, 0.15) is 29.5 Å². The summed E-state index contributed by atoms with van der Waals surface area (Å²) in [5.41, 5.74) is -5.30. The van der Waals surface area contributed by atoms with Crippen LogP contribution in [0.4, 0.5) is 4.39 Å². The van der Waals surface area contributed by atoms with Gasteiger partial charge in [-0.25, -0.2) is 18.5 Å². The van der Waals surface area contributed by atoms with Gasteiger partial charge in [0.05, 0.1) is 6.61 Å².